The van der Waals surface area contributed by atoms with Crippen molar-refractivity contribution in [2.75, 3.05) is 37.7 Å². The molecule has 0 spiro atoms. The summed E-state index contributed by atoms with van der Waals surface area (Å²) in [6, 6.07) is 7.32. The van der Waals surface area contributed by atoms with E-state index in [2.05, 4.69) is 15.0 Å². The van der Waals surface area contributed by atoms with Crippen LogP contribution < -0.4 is 9.64 Å². The third kappa shape index (κ3) is 3.03. The highest BCUT2D eigenvalue weighted by molar-refractivity contribution is 5.92. The Labute approximate surface area is 128 Å². The van der Waals surface area contributed by atoms with Crippen molar-refractivity contribution >= 4 is 11.7 Å². The van der Waals surface area contributed by atoms with E-state index in [9.17, 15) is 4.79 Å². The lowest BCUT2D eigenvalue weighted by Crippen LogP contribution is -2.49. The summed E-state index contributed by atoms with van der Waals surface area (Å²) in [6.07, 6.45) is 1.41. The molecule has 2 aromatic rings. The molecule has 0 atom stereocenters. The minimum atomic E-state index is -0.0931. The van der Waals surface area contributed by atoms with E-state index >= 15 is 0 Å². The number of nitrogens with zero attached hydrogens (tertiary/aromatic N) is 4. The maximum Gasteiger partial charge on any atom is 0.276 e. The molecule has 1 amide bonds. The van der Waals surface area contributed by atoms with E-state index in [1.165, 1.54) is 6.26 Å². The normalized spacial score (nSPS) is 15.0. The van der Waals surface area contributed by atoms with Crippen LogP contribution in [0.2, 0.25) is 0 Å². The van der Waals surface area contributed by atoms with Gasteiger partial charge in [-0.25, -0.2) is 0 Å². The molecule has 3 rings (SSSR count). The third-order valence-electron chi connectivity index (χ3n) is 3.55. The van der Waals surface area contributed by atoms with Gasteiger partial charge in [-0.15, -0.1) is 0 Å². The monoisotopic (exact) mass is 302 g/mol. The fourth-order valence-electron chi connectivity index (χ4n) is 2.43. The van der Waals surface area contributed by atoms with E-state index in [4.69, 9.17) is 9.26 Å². The topological polar surface area (TPSA) is 71.7 Å². The van der Waals surface area contributed by atoms with Crippen LogP contribution in [0.1, 0.15) is 17.4 Å². The number of hydrogen-bond acceptors (Lipinski definition) is 6. The van der Waals surface area contributed by atoms with Gasteiger partial charge in [0.1, 0.15) is 12.1 Å². The van der Waals surface area contributed by atoms with Crippen LogP contribution in [0.5, 0.6) is 5.88 Å². The van der Waals surface area contributed by atoms with Crippen LogP contribution in [0.4, 0.5) is 5.82 Å². The standard InChI is InChI=1S/C15H18N4O3/c1-2-21-14-5-3-4-13(16-14)18-7-9-19(10-8-18)15(20)12-6-11-22-17-12/h3-6,11H,2,7-10H2,1H3. The van der Waals surface area contributed by atoms with Gasteiger partial charge in [0.15, 0.2) is 5.69 Å². The largest absolute Gasteiger partial charge is 0.478 e. The van der Waals surface area contributed by atoms with E-state index in [0.717, 1.165) is 18.9 Å². The zero-order valence-corrected chi connectivity index (χ0v) is 12.4. The molecule has 1 saturated heterocycles. The molecule has 0 bridgehead atoms. The molecular weight excluding hydrogens is 284 g/mol. The Bertz CT molecular complexity index is 621. The number of rotatable bonds is 4. The maximum absolute atomic E-state index is 12.2. The Morgan fingerprint density at radius 2 is 2.09 bits per heavy atom. The molecule has 0 saturated carbocycles. The number of ether oxygens (including phenoxy) is 1. The molecule has 0 unspecified atom stereocenters. The molecule has 0 radical (unpaired) electrons. The summed E-state index contributed by atoms with van der Waals surface area (Å²) < 4.78 is 10.1. The molecule has 116 valence electrons. The Morgan fingerprint density at radius 3 is 2.77 bits per heavy atom. The first-order chi connectivity index (χ1) is 10.8. The zero-order valence-electron chi connectivity index (χ0n) is 12.4. The summed E-state index contributed by atoms with van der Waals surface area (Å²) in [5.41, 5.74) is 0.352. The van der Waals surface area contributed by atoms with E-state index < -0.39 is 0 Å². The van der Waals surface area contributed by atoms with Crippen molar-refractivity contribution in [1.82, 2.24) is 15.0 Å². The molecule has 0 N–H and O–H groups in total. The van der Waals surface area contributed by atoms with E-state index in [1.54, 1.807) is 11.0 Å². The molecule has 1 aliphatic rings. The van der Waals surface area contributed by atoms with Gasteiger partial charge in [0.05, 0.1) is 6.61 Å². The Balaban J connectivity index is 1.62. The first kappa shape index (κ1) is 14.4. The van der Waals surface area contributed by atoms with E-state index in [1.807, 2.05) is 25.1 Å². The van der Waals surface area contributed by atoms with Gasteiger partial charge in [0.25, 0.3) is 5.91 Å². The predicted molar refractivity (Wildman–Crippen MR) is 80.0 cm³/mol. The van der Waals surface area contributed by atoms with Gasteiger partial charge in [-0.05, 0) is 13.0 Å². The highest BCUT2D eigenvalue weighted by atomic mass is 16.5. The van der Waals surface area contributed by atoms with Crippen molar-refractivity contribution in [3.63, 3.8) is 0 Å². The number of carbonyl (C=O) groups is 1. The minimum absolute atomic E-state index is 0.0931. The predicted octanol–water partition coefficient (Wildman–Crippen LogP) is 1.43. The number of anilines is 1. The summed E-state index contributed by atoms with van der Waals surface area (Å²) in [4.78, 5) is 20.6. The van der Waals surface area contributed by atoms with Gasteiger partial charge in [-0.3, -0.25) is 4.79 Å². The van der Waals surface area contributed by atoms with Crippen molar-refractivity contribution in [3.05, 3.63) is 36.2 Å². The molecule has 7 nitrogen and oxygen atoms in total. The van der Waals surface area contributed by atoms with Crippen LogP contribution in [0, 0.1) is 0 Å². The van der Waals surface area contributed by atoms with Crippen LogP contribution >= 0.6 is 0 Å². The van der Waals surface area contributed by atoms with Crippen molar-refractivity contribution in [3.8, 4) is 5.88 Å². The van der Waals surface area contributed by atoms with Gasteiger partial charge in [-0.2, -0.15) is 4.98 Å². The molecule has 1 fully saturated rings. The number of piperazine rings is 1. The maximum atomic E-state index is 12.2. The molecule has 22 heavy (non-hydrogen) atoms. The number of hydrogen-bond donors (Lipinski definition) is 0. The Hall–Kier alpha value is -2.57. The second-order valence-corrected chi connectivity index (χ2v) is 4.93. The van der Waals surface area contributed by atoms with E-state index in [-0.39, 0.29) is 5.91 Å². The van der Waals surface area contributed by atoms with Gasteiger partial charge < -0.3 is 19.1 Å². The Morgan fingerprint density at radius 1 is 1.27 bits per heavy atom. The Kier molecular flexibility index (Phi) is 4.22. The van der Waals surface area contributed by atoms with E-state index in [0.29, 0.717) is 31.3 Å². The summed E-state index contributed by atoms with van der Waals surface area (Å²) >= 11 is 0. The molecule has 1 aliphatic heterocycles. The van der Waals surface area contributed by atoms with Crippen LogP contribution in [-0.4, -0.2) is 53.7 Å². The minimum Gasteiger partial charge on any atom is -0.478 e. The summed E-state index contributed by atoms with van der Waals surface area (Å²) in [5, 5.41) is 3.69. The number of pyridine rings is 1. The highest BCUT2D eigenvalue weighted by Crippen LogP contribution is 2.18. The summed E-state index contributed by atoms with van der Waals surface area (Å²) in [7, 11) is 0. The summed E-state index contributed by atoms with van der Waals surface area (Å²) in [5.74, 6) is 1.41. The smallest absolute Gasteiger partial charge is 0.276 e. The molecule has 7 heteroatoms. The first-order valence-electron chi connectivity index (χ1n) is 7.32. The van der Waals surface area contributed by atoms with Gasteiger partial charge >= 0.3 is 0 Å². The molecule has 2 aromatic heterocycles. The van der Waals surface area contributed by atoms with Crippen LogP contribution in [0.25, 0.3) is 0 Å². The van der Waals surface area contributed by atoms with Gasteiger partial charge in [0, 0.05) is 38.3 Å². The van der Waals surface area contributed by atoms with Crippen LogP contribution in [0.3, 0.4) is 0 Å². The lowest BCUT2D eigenvalue weighted by Gasteiger charge is -2.35. The van der Waals surface area contributed by atoms with Crippen molar-refractivity contribution in [1.29, 1.82) is 0 Å². The second kappa shape index (κ2) is 6.46. The number of aromatic nitrogens is 2. The van der Waals surface area contributed by atoms with Crippen molar-refractivity contribution in [2.45, 2.75) is 6.92 Å². The average Bonchev–Trinajstić information content (AvgIpc) is 3.09. The average molecular weight is 302 g/mol. The fraction of sp³-hybridized carbons (Fsp3) is 0.400. The van der Waals surface area contributed by atoms with Gasteiger partial charge in [0.2, 0.25) is 5.88 Å². The fourth-order valence-corrected chi connectivity index (χ4v) is 2.43. The second-order valence-electron chi connectivity index (χ2n) is 4.93. The molecule has 3 heterocycles. The molecule has 0 aromatic carbocycles. The lowest BCUT2D eigenvalue weighted by molar-refractivity contribution is 0.0736. The van der Waals surface area contributed by atoms with Crippen molar-refractivity contribution < 1.29 is 14.1 Å². The first-order valence-corrected chi connectivity index (χ1v) is 7.32. The zero-order chi connectivity index (χ0) is 15.4. The highest BCUT2D eigenvalue weighted by Gasteiger charge is 2.24. The lowest BCUT2D eigenvalue weighted by atomic mass is 10.2. The van der Waals surface area contributed by atoms with Gasteiger partial charge in [-0.1, -0.05) is 11.2 Å². The summed E-state index contributed by atoms with van der Waals surface area (Å²) in [6.45, 7) is 5.25. The molecule has 0 aliphatic carbocycles. The molecular formula is C15H18N4O3. The quantitative estimate of drug-likeness (QED) is 0.851. The van der Waals surface area contributed by atoms with Crippen LogP contribution in [0.15, 0.2) is 35.1 Å². The SMILES string of the molecule is CCOc1cccc(N2CCN(C(=O)c3ccon3)CC2)n1. The number of amides is 1. The van der Waals surface area contributed by atoms with Crippen LogP contribution in [-0.2, 0) is 0 Å². The third-order valence-corrected chi connectivity index (χ3v) is 3.55. The number of carbonyl (C=O) groups excluding carboxylic acids is 1. The van der Waals surface area contributed by atoms with Crippen molar-refractivity contribution in [2.24, 2.45) is 0 Å².